The first-order valence-electron chi connectivity index (χ1n) is 5.99. The van der Waals surface area contributed by atoms with E-state index < -0.39 is 0 Å². The minimum atomic E-state index is 0.370. The number of halogens is 1. The van der Waals surface area contributed by atoms with Gasteiger partial charge in [0.1, 0.15) is 0 Å². The summed E-state index contributed by atoms with van der Waals surface area (Å²) in [6.07, 6.45) is 9.59. The Balaban J connectivity index is 1.90. The first kappa shape index (κ1) is 11.6. The second kappa shape index (κ2) is 5.02. The third kappa shape index (κ3) is 2.22. The zero-order valence-corrected chi connectivity index (χ0v) is 11.4. The van der Waals surface area contributed by atoms with E-state index in [1.807, 2.05) is 12.4 Å². The summed E-state index contributed by atoms with van der Waals surface area (Å²) in [4.78, 5) is 15.1. The van der Waals surface area contributed by atoms with Gasteiger partial charge in [0.2, 0.25) is 5.95 Å². The van der Waals surface area contributed by atoms with Gasteiger partial charge in [0, 0.05) is 31.3 Å². The van der Waals surface area contributed by atoms with Gasteiger partial charge < -0.3 is 4.90 Å². The van der Waals surface area contributed by atoms with Crippen molar-refractivity contribution in [2.24, 2.45) is 0 Å². The van der Waals surface area contributed by atoms with Crippen LogP contribution in [0.5, 0.6) is 0 Å². The van der Waals surface area contributed by atoms with Crippen molar-refractivity contribution >= 4 is 21.9 Å². The lowest BCUT2D eigenvalue weighted by molar-refractivity contribution is 0.700. The molecule has 0 spiro atoms. The van der Waals surface area contributed by atoms with E-state index in [0.717, 1.165) is 23.4 Å². The Morgan fingerprint density at radius 1 is 1.17 bits per heavy atom. The van der Waals surface area contributed by atoms with E-state index in [2.05, 4.69) is 47.9 Å². The lowest BCUT2D eigenvalue weighted by Crippen LogP contribution is -2.24. The molecule has 2 aromatic heterocycles. The highest BCUT2D eigenvalue weighted by molar-refractivity contribution is 9.10. The molecular formula is C13H13BrN4. The quantitative estimate of drug-likeness (QED) is 0.855. The molecule has 1 saturated heterocycles. The normalized spacial score (nSPS) is 19.2. The summed E-state index contributed by atoms with van der Waals surface area (Å²) in [7, 11) is 0. The van der Waals surface area contributed by atoms with Crippen molar-refractivity contribution in [1.82, 2.24) is 15.0 Å². The van der Waals surface area contributed by atoms with Gasteiger partial charge in [-0.1, -0.05) is 0 Å². The Bertz CT molecular complexity index is 514. The zero-order chi connectivity index (χ0) is 12.4. The van der Waals surface area contributed by atoms with Crippen LogP contribution in [0.15, 0.2) is 41.4 Å². The number of pyridine rings is 1. The molecule has 0 aromatic carbocycles. The topological polar surface area (TPSA) is 41.9 Å². The monoisotopic (exact) mass is 304 g/mol. The van der Waals surface area contributed by atoms with E-state index in [1.54, 1.807) is 12.4 Å². The highest BCUT2D eigenvalue weighted by Gasteiger charge is 2.27. The highest BCUT2D eigenvalue weighted by Crippen LogP contribution is 2.33. The minimum absolute atomic E-state index is 0.370. The standard InChI is InChI=1S/C13H13BrN4/c14-11-8-16-13(17-9-11)18-7-1-2-12(18)10-3-5-15-6-4-10/h3-6,8-9,12H,1-2,7H2. The minimum Gasteiger partial charge on any atom is -0.334 e. The molecule has 3 heterocycles. The molecule has 2 aromatic rings. The number of hydrogen-bond donors (Lipinski definition) is 0. The van der Waals surface area contributed by atoms with E-state index in [4.69, 9.17) is 0 Å². The molecule has 0 radical (unpaired) electrons. The molecule has 92 valence electrons. The van der Waals surface area contributed by atoms with Crippen molar-refractivity contribution in [3.63, 3.8) is 0 Å². The molecule has 1 atom stereocenters. The fourth-order valence-corrected chi connectivity index (χ4v) is 2.60. The summed E-state index contributed by atoms with van der Waals surface area (Å²) >= 11 is 3.36. The Hall–Kier alpha value is -1.49. The molecule has 0 bridgehead atoms. The van der Waals surface area contributed by atoms with E-state index in [0.29, 0.717) is 6.04 Å². The van der Waals surface area contributed by atoms with Crippen molar-refractivity contribution in [3.8, 4) is 0 Å². The molecule has 5 heteroatoms. The van der Waals surface area contributed by atoms with Gasteiger partial charge in [-0.25, -0.2) is 9.97 Å². The van der Waals surface area contributed by atoms with Crippen LogP contribution >= 0.6 is 15.9 Å². The molecule has 1 aliphatic heterocycles. The maximum absolute atomic E-state index is 4.39. The Labute approximate surface area is 114 Å². The number of hydrogen-bond acceptors (Lipinski definition) is 4. The van der Waals surface area contributed by atoms with Gasteiger partial charge in [-0.15, -0.1) is 0 Å². The van der Waals surface area contributed by atoms with Gasteiger partial charge in [0.05, 0.1) is 10.5 Å². The summed E-state index contributed by atoms with van der Waals surface area (Å²) < 4.78 is 0.908. The number of anilines is 1. The molecular weight excluding hydrogens is 292 g/mol. The van der Waals surface area contributed by atoms with Crippen LogP contribution < -0.4 is 4.90 Å². The fourth-order valence-electron chi connectivity index (χ4n) is 2.39. The summed E-state index contributed by atoms with van der Waals surface area (Å²) in [6, 6.07) is 4.51. The van der Waals surface area contributed by atoms with Gasteiger partial charge in [0.15, 0.2) is 0 Å². The van der Waals surface area contributed by atoms with Crippen LogP contribution in [0.2, 0.25) is 0 Å². The maximum Gasteiger partial charge on any atom is 0.225 e. The molecule has 0 saturated carbocycles. The molecule has 1 aliphatic rings. The smallest absolute Gasteiger partial charge is 0.225 e. The molecule has 0 amide bonds. The van der Waals surface area contributed by atoms with Crippen LogP contribution in [0, 0.1) is 0 Å². The predicted octanol–water partition coefficient (Wildman–Crippen LogP) is 2.98. The number of nitrogens with zero attached hydrogens (tertiary/aromatic N) is 4. The molecule has 3 rings (SSSR count). The van der Waals surface area contributed by atoms with Crippen LogP contribution in [0.25, 0.3) is 0 Å². The molecule has 1 unspecified atom stereocenters. The van der Waals surface area contributed by atoms with Gasteiger partial charge in [0.25, 0.3) is 0 Å². The predicted molar refractivity (Wildman–Crippen MR) is 73.3 cm³/mol. The molecule has 0 aliphatic carbocycles. The van der Waals surface area contributed by atoms with Gasteiger partial charge in [-0.05, 0) is 46.5 Å². The van der Waals surface area contributed by atoms with Crippen LogP contribution in [0.1, 0.15) is 24.4 Å². The van der Waals surface area contributed by atoms with Crippen molar-refractivity contribution in [3.05, 3.63) is 47.0 Å². The van der Waals surface area contributed by atoms with E-state index in [-0.39, 0.29) is 0 Å². The van der Waals surface area contributed by atoms with Crippen molar-refractivity contribution < 1.29 is 0 Å². The highest BCUT2D eigenvalue weighted by atomic mass is 79.9. The summed E-state index contributed by atoms with van der Waals surface area (Å²) in [5.74, 6) is 0.803. The second-order valence-electron chi connectivity index (χ2n) is 4.33. The average molecular weight is 305 g/mol. The van der Waals surface area contributed by atoms with Crippen LogP contribution in [-0.4, -0.2) is 21.5 Å². The van der Waals surface area contributed by atoms with E-state index >= 15 is 0 Å². The van der Waals surface area contributed by atoms with Crippen LogP contribution in [-0.2, 0) is 0 Å². The first-order valence-corrected chi connectivity index (χ1v) is 6.78. The fraction of sp³-hybridized carbons (Fsp3) is 0.308. The summed E-state index contributed by atoms with van der Waals surface area (Å²) in [5.41, 5.74) is 1.29. The Morgan fingerprint density at radius 3 is 2.61 bits per heavy atom. The average Bonchev–Trinajstić information content (AvgIpc) is 2.90. The molecule has 1 fully saturated rings. The second-order valence-corrected chi connectivity index (χ2v) is 5.25. The van der Waals surface area contributed by atoms with Crippen molar-refractivity contribution in [1.29, 1.82) is 0 Å². The Morgan fingerprint density at radius 2 is 1.89 bits per heavy atom. The Kier molecular flexibility index (Phi) is 3.23. The van der Waals surface area contributed by atoms with Crippen molar-refractivity contribution in [2.75, 3.05) is 11.4 Å². The number of rotatable bonds is 2. The molecule has 4 nitrogen and oxygen atoms in total. The van der Waals surface area contributed by atoms with Gasteiger partial charge in [-0.3, -0.25) is 4.98 Å². The van der Waals surface area contributed by atoms with E-state index in [9.17, 15) is 0 Å². The lowest BCUT2D eigenvalue weighted by atomic mass is 10.1. The summed E-state index contributed by atoms with van der Waals surface area (Å²) in [5, 5.41) is 0. The SMILES string of the molecule is Brc1cnc(N2CCCC2c2ccncc2)nc1. The molecule has 0 N–H and O–H groups in total. The van der Waals surface area contributed by atoms with Gasteiger partial charge >= 0.3 is 0 Å². The van der Waals surface area contributed by atoms with Gasteiger partial charge in [-0.2, -0.15) is 0 Å². The zero-order valence-electron chi connectivity index (χ0n) is 9.83. The van der Waals surface area contributed by atoms with E-state index in [1.165, 1.54) is 12.0 Å². The molecule has 18 heavy (non-hydrogen) atoms. The largest absolute Gasteiger partial charge is 0.334 e. The van der Waals surface area contributed by atoms with Crippen molar-refractivity contribution in [2.45, 2.75) is 18.9 Å². The van der Waals surface area contributed by atoms with Crippen LogP contribution in [0.4, 0.5) is 5.95 Å². The first-order chi connectivity index (χ1) is 8.84. The summed E-state index contributed by atoms with van der Waals surface area (Å²) in [6.45, 7) is 1.01. The number of aromatic nitrogens is 3. The lowest BCUT2D eigenvalue weighted by Gasteiger charge is -2.24. The van der Waals surface area contributed by atoms with Crippen LogP contribution in [0.3, 0.4) is 0 Å². The third-order valence-electron chi connectivity index (χ3n) is 3.21. The maximum atomic E-state index is 4.39. The third-order valence-corrected chi connectivity index (χ3v) is 3.62.